The number of anilines is 2. The van der Waals surface area contributed by atoms with Gasteiger partial charge in [-0.2, -0.15) is 10.1 Å². The quantitative estimate of drug-likeness (QED) is 0.445. The van der Waals surface area contributed by atoms with Gasteiger partial charge in [0.2, 0.25) is 0 Å². The van der Waals surface area contributed by atoms with E-state index in [0.717, 1.165) is 0 Å². The normalized spacial score (nSPS) is 14.4. The molecule has 4 heterocycles. The monoisotopic (exact) mass is 484 g/mol. The molecule has 2 amide bonds. The van der Waals surface area contributed by atoms with E-state index in [1.165, 1.54) is 6.33 Å². The van der Waals surface area contributed by atoms with E-state index in [-0.39, 0.29) is 23.6 Å². The Balaban J connectivity index is 1.41. The van der Waals surface area contributed by atoms with Gasteiger partial charge in [0.25, 0.3) is 5.91 Å². The van der Waals surface area contributed by atoms with Crippen LogP contribution in [-0.2, 0) is 4.74 Å². The SMILES string of the molecule is CC(C)(C)OC(=O)N1CC(n2nc(C(=O)Nc3nc4cc(Cl)ccc4o3)c3c(N)ncnc32)C1. The van der Waals surface area contributed by atoms with E-state index in [2.05, 4.69) is 25.4 Å². The first kappa shape index (κ1) is 21.9. The van der Waals surface area contributed by atoms with Crippen molar-refractivity contribution in [1.29, 1.82) is 0 Å². The summed E-state index contributed by atoms with van der Waals surface area (Å²) in [6, 6.07) is 4.72. The Labute approximate surface area is 198 Å². The molecule has 176 valence electrons. The largest absolute Gasteiger partial charge is 0.444 e. The molecule has 12 nitrogen and oxygen atoms in total. The standard InChI is InChI=1S/C21H21ClN8O4/c1-21(2,3)34-20(32)29-7-11(8-29)30-17-14(16(23)24-9-25-17)15(28-30)18(31)27-19-26-12-6-10(22)4-5-13(12)33-19/h4-6,9,11H,7-8H2,1-3H3,(H2,23,24,25)(H,26,27,31). The molecule has 0 bridgehead atoms. The minimum Gasteiger partial charge on any atom is -0.444 e. The highest BCUT2D eigenvalue weighted by molar-refractivity contribution is 6.31. The first-order chi connectivity index (χ1) is 16.1. The Kier molecular flexibility index (Phi) is 5.04. The summed E-state index contributed by atoms with van der Waals surface area (Å²) in [6.45, 7) is 6.11. The van der Waals surface area contributed by atoms with Gasteiger partial charge in [0, 0.05) is 18.1 Å². The van der Waals surface area contributed by atoms with E-state index in [1.54, 1.807) is 48.6 Å². The lowest BCUT2D eigenvalue weighted by atomic mass is 10.1. The number of carbonyl (C=O) groups is 2. The highest BCUT2D eigenvalue weighted by atomic mass is 35.5. The van der Waals surface area contributed by atoms with E-state index in [4.69, 9.17) is 26.5 Å². The Morgan fingerprint density at radius 3 is 2.76 bits per heavy atom. The molecule has 1 aliphatic heterocycles. The molecule has 0 saturated carbocycles. The number of hydrogen-bond acceptors (Lipinski definition) is 9. The Morgan fingerprint density at radius 1 is 1.26 bits per heavy atom. The highest BCUT2D eigenvalue weighted by Gasteiger charge is 2.37. The molecule has 0 radical (unpaired) electrons. The molecule has 1 fully saturated rings. The molecular formula is C21H21ClN8O4. The van der Waals surface area contributed by atoms with Crippen LogP contribution in [0.1, 0.15) is 37.3 Å². The molecule has 1 saturated heterocycles. The van der Waals surface area contributed by atoms with Gasteiger partial charge in [0.1, 0.15) is 23.3 Å². The molecule has 13 heteroatoms. The molecule has 0 atom stereocenters. The van der Waals surface area contributed by atoms with Crippen molar-refractivity contribution in [2.75, 3.05) is 24.1 Å². The Morgan fingerprint density at radius 2 is 2.03 bits per heavy atom. The van der Waals surface area contributed by atoms with Crippen LogP contribution in [0.2, 0.25) is 5.02 Å². The average Bonchev–Trinajstić information content (AvgIpc) is 3.27. The van der Waals surface area contributed by atoms with E-state index in [1.807, 2.05) is 0 Å². The minimum atomic E-state index is -0.594. The zero-order chi connectivity index (χ0) is 24.2. The predicted molar refractivity (Wildman–Crippen MR) is 124 cm³/mol. The smallest absolute Gasteiger partial charge is 0.410 e. The van der Waals surface area contributed by atoms with Crippen molar-refractivity contribution in [2.45, 2.75) is 32.4 Å². The fourth-order valence-corrected chi connectivity index (χ4v) is 3.77. The highest BCUT2D eigenvalue weighted by Crippen LogP contribution is 2.30. The van der Waals surface area contributed by atoms with Crippen LogP contribution in [0.3, 0.4) is 0 Å². The van der Waals surface area contributed by atoms with Gasteiger partial charge in [0.05, 0.1) is 11.4 Å². The van der Waals surface area contributed by atoms with Crippen LogP contribution in [0.5, 0.6) is 0 Å². The van der Waals surface area contributed by atoms with Gasteiger partial charge in [0.15, 0.2) is 16.9 Å². The lowest BCUT2D eigenvalue weighted by Gasteiger charge is -2.39. The molecule has 0 spiro atoms. The summed E-state index contributed by atoms with van der Waals surface area (Å²) >= 11 is 5.98. The molecular weight excluding hydrogens is 464 g/mol. The van der Waals surface area contributed by atoms with Crippen molar-refractivity contribution < 1.29 is 18.7 Å². The zero-order valence-corrected chi connectivity index (χ0v) is 19.3. The number of likely N-dealkylation sites (tertiary alicyclic amines) is 1. The molecule has 0 aliphatic carbocycles. The van der Waals surface area contributed by atoms with E-state index in [0.29, 0.717) is 40.2 Å². The number of oxazole rings is 1. The van der Waals surface area contributed by atoms with Crippen molar-refractivity contribution in [2.24, 2.45) is 0 Å². The molecule has 34 heavy (non-hydrogen) atoms. The lowest BCUT2D eigenvalue weighted by Crippen LogP contribution is -2.52. The van der Waals surface area contributed by atoms with Crippen LogP contribution in [-0.4, -0.2) is 60.3 Å². The molecule has 4 aromatic rings. The van der Waals surface area contributed by atoms with Crippen molar-refractivity contribution in [3.8, 4) is 0 Å². The van der Waals surface area contributed by atoms with Gasteiger partial charge in [-0.05, 0) is 39.0 Å². The third-order valence-corrected chi connectivity index (χ3v) is 5.40. The number of fused-ring (bicyclic) bond motifs is 2. The van der Waals surface area contributed by atoms with Crippen LogP contribution in [0, 0.1) is 0 Å². The Bertz CT molecular complexity index is 1430. The number of halogens is 1. The number of benzene rings is 1. The summed E-state index contributed by atoms with van der Waals surface area (Å²) in [4.78, 5) is 39.4. The summed E-state index contributed by atoms with van der Waals surface area (Å²) in [6.07, 6.45) is 0.884. The molecule has 0 unspecified atom stereocenters. The average molecular weight is 485 g/mol. The van der Waals surface area contributed by atoms with E-state index < -0.39 is 17.6 Å². The lowest BCUT2D eigenvalue weighted by molar-refractivity contribution is 0.0000185. The molecule has 3 aromatic heterocycles. The van der Waals surface area contributed by atoms with Gasteiger partial charge in [-0.1, -0.05) is 11.6 Å². The second-order valence-corrected chi connectivity index (χ2v) is 9.31. The number of hydrogen-bond donors (Lipinski definition) is 2. The number of rotatable bonds is 3. The number of amides is 2. The summed E-state index contributed by atoms with van der Waals surface area (Å²) < 4.78 is 12.5. The van der Waals surface area contributed by atoms with Gasteiger partial charge < -0.3 is 19.8 Å². The third-order valence-electron chi connectivity index (χ3n) is 5.16. The zero-order valence-electron chi connectivity index (χ0n) is 18.6. The fraction of sp³-hybridized carbons (Fsp3) is 0.333. The minimum absolute atomic E-state index is 0.0138. The number of carbonyl (C=O) groups excluding carboxylic acids is 2. The number of nitrogens with zero attached hydrogens (tertiary/aromatic N) is 6. The maximum atomic E-state index is 13.1. The molecule has 1 aliphatic rings. The number of ether oxygens (including phenoxy) is 1. The summed E-state index contributed by atoms with van der Waals surface area (Å²) in [5, 5.41) is 7.85. The maximum absolute atomic E-state index is 13.1. The first-order valence-corrected chi connectivity index (χ1v) is 10.8. The topological polar surface area (TPSA) is 154 Å². The number of nitrogen functional groups attached to an aromatic ring is 1. The summed E-state index contributed by atoms with van der Waals surface area (Å²) in [5.41, 5.74) is 6.84. The second-order valence-electron chi connectivity index (χ2n) is 8.88. The van der Waals surface area contributed by atoms with Crippen molar-refractivity contribution in [1.82, 2.24) is 29.6 Å². The van der Waals surface area contributed by atoms with Gasteiger partial charge >= 0.3 is 12.1 Å². The summed E-state index contributed by atoms with van der Waals surface area (Å²) in [5.74, 6) is -0.486. The van der Waals surface area contributed by atoms with Gasteiger partial charge in [-0.15, -0.1) is 0 Å². The predicted octanol–water partition coefficient (Wildman–Crippen LogP) is 3.25. The van der Waals surface area contributed by atoms with Crippen LogP contribution >= 0.6 is 11.6 Å². The van der Waals surface area contributed by atoms with Crippen LogP contribution in [0.15, 0.2) is 28.9 Å². The number of aromatic nitrogens is 5. The van der Waals surface area contributed by atoms with Gasteiger partial charge in [-0.25, -0.2) is 19.4 Å². The van der Waals surface area contributed by atoms with Crippen LogP contribution < -0.4 is 11.1 Å². The number of nitrogens with two attached hydrogens (primary N) is 1. The second kappa shape index (κ2) is 7.83. The Hall–Kier alpha value is -3.93. The van der Waals surface area contributed by atoms with Gasteiger partial charge in [-0.3, -0.25) is 10.1 Å². The molecule has 1 aromatic carbocycles. The third kappa shape index (κ3) is 3.96. The molecule has 5 rings (SSSR count). The first-order valence-electron chi connectivity index (χ1n) is 10.4. The van der Waals surface area contributed by atoms with Crippen LogP contribution in [0.4, 0.5) is 16.6 Å². The van der Waals surface area contributed by atoms with Crippen LogP contribution in [0.25, 0.3) is 22.1 Å². The summed E-state index contributed by atoms with van der Waals surface area (Å²) in [7, 11) is 0. The van der Waals surface area contributed by atoms with E-state index in [9.17, 15) is 9.59 Å². The van der Waals surface area contributed by atoms with E-state index >= 15 is 0 Å². The number of nitrogens with one attached hydrogen (secondary N) is 1. The van der Waals surface area contributed by atoms with Crippen molar-refractivity contribution in [3.05, 3.63) is 35.2 Å². The maximum Gasteiger partial charge on any atom is 0.410 e. The molecule has 3 N–H and O–H groups in total. The fourth-order valence-electron chi connectivity index (χ4n) is 3.60. The van der Waals surface area contributed by atoms with Crippen molar-refractivity contribution >= 4 is 57.6 Å². The van der Waals surface area contributed by atoms with Crippen molar-refractivity contribution in [3.63, 3.8) is 0 Å².